The van der Waals surface area contributed by atoms with E-state index in [9.17, 15) is 22.8 Å². The van der Waals surface area contributed by atoms with Crippen LogP contribution in [0.5, 0.6) is 0 Å². The SMILES string of the molecule is O=C(O)c1ccc(CNC(=O)c2nn(Cc3cccc(C(F)(F)F)c3)c3ccccc23)cc1. The maximum Gasteiger partial charge on any atom is 0.416 e. The minimum atomic E-state index is -4.45. The molecule has 0 aliphatic heterocycles. The number of amides is 1. The Morgan fingerprint density at radius 1 is 0.939 bits per heavy atom. The van der Waals surface area contributed by atoms with Crippen molar-refractivity contribution >= 4 is 22.8 Å². The Kier molecular flexibility index (Phi) is 5.87. The molecule has 2 N–H and O–H groups in total. The first-order valence-corrected chi connectivity index (χ1v) is 9.94. The molecule has 0 unspecified atom stereocenters. The lowest BCUT2D eigenvalue weighted by Gasteiger charge is -2.09. The third-order valence-electron chi connectivity index (χ3n) is 5.11. The number of fused-ring (bicyclic) bond motifs is 1. The van der Waals surface area contributed by atoms with Crippen LogP contribution in [0.25, 0.3) is 10.9 Å². The van der Waals surface area contributed by atoms with Crippen LogP contribution in [0, 0.1) is 0 Å². The van der Waals surface area contributed by atoms with Gasteiger partial charge in [0.1, 0.15) is 0 Å². The van der Waals surface area contributed by atoms with E-state index in [1.54, 1.807) is 42.5 Å². The van der Waals surface area contributed by atoms with E-state index in [0.717, 1.165) is 12.1 Å². The highest BCUT2D eigenvalue weighted by Gasteiger charge is 2.30. The predicted octanol–water partition coefficient (Wildman–Crippen LogP) is 4.73. The topological polar surface area (TPSA) is 84.2 Å². The van der Waals surface area contributed by atoms with Gasteiger partial charge in [-0.2, -0.15) is 18.3 Å². The summed E-state index contributed by atoms with van der Waals surface area (Å²) in [7, 11) is 0. The number of carbonyl (C=O) groups is 2. The molecule has 1 aromatic heterocycles. The van der Waals surface area contributed by atoms with Gasteiger partial charge in [-0.05, 0) is 41.5 Å². The standard InChI is InChI=1S/C24H18F3N3O3/c25-24(26,27)18-5-3-4-16(12-18)14-30-20-7-2-1-6-19(20)21(29-30)22(31)28-13-15-8-10-17(11-9-15)23(32)33/h1-12H,13-14H2,(H,28,31)(H,32,33). The number of aromatic carboxylic acids is 1. The lowest BCUT2D eigenvalue weighted by Crippen LogP contribution is -2.23. The van der Waals surface area contributed by atoms with E-state index in [4.69, 9.17) is 5.11 Å². The second kappa shape index (κ2) is 8.78. The molecule has 0 radical (unpaired) electrons. The van der Waals surface area contributed by atoms with Crippen LogP contribution < -0.4 is 5.32 Å². The first-order chi connectivity index (χ1) is 15.7. The van der Waals surface area contributed by atoms with Gasteiger partial charge in [0.25, 0.3) is 5.91 Å². The average Bonchev–Trinajstić information content (AvgIpc) is 3.16. The van der Waals surface area contributed by atoms with E-state index < -0.39 is 23.6 Å². The molecule has 6 nitrogen and oxygen atoms in total. The highest BCUT2D eigenvalue weighted by atomic mass is 19.4. The van der Waals surface area contributed by atoms with Crippen LogP contribution in [0.15, 0.2) is 72.8 Å². The van der Waals surface area contributed by atoms with E-state index in [0.29, 0.717) is 22.0 Å². The summed E-state index contributed by atoms with van der Waals surface area (Å²) in [4.78, 5) is 23.8. The number of halogens is 3. The Balaban J connectivity index is 1.57. The van der Waals surface area contributed by atoms with Crippen molar-refractivity contribution in [3.05, 3.63) is 101 Å². The lowest BCUT2D eigenvalue weighted by atomic mass is 10.1. The quantitative estimate of drug-likeness (QED) is 0.442. The van der Waals surface area contributed by atoms with Crippen molar-refractivity contribution in [2.24, 2.45) is 0 Å². The van der Waals surface area contributed by atoms with Gasteiger partial charge in [-0.25, -0.2) is 4.79 Å². The fourth-order valence-electron chi connectivity index (χ4n) is 3.47. The monoisotopic (exact) mass is 453 g/mol. The average molecular weight is 453 g/mol. The molecule has 0 atom stereocenters. The summed E-state index contributed by atoms with van der Waals surface area (Å²) in [6.45, 7) is 0.224. The molecule has 0 saturated carbocycles. The lowest BCUT2D eigenvalue weighted by molar-refractivity contribution is -0.137. The summed E-state index contributed by atoms with van der Waals surface area (Å²) >= 11 is 0. The number of nitrogens with one attached hydrogen (secondary N) is 1. The van der Waals surface area contributed by atoms with Crippen LogP contribution in [0.2, 0.25) is 0 Å². The first-order valence-electron chi connectivity index (χ1n) is 9.94. The van der Waals surface area contributed by atoms with Crippen molar-refractivity contribution < 1.29 is 27.9 Å². The van der Waals surface area contributed by atoms with Crippen LogP contribution in [0.3, 0.4) is 0 Å². The number of benzene rings is 3. The highest BCUT2D eigenvalue weighted by Crippen LogP contribution is 2.30. The number of carboxylic acids is 1. The molecule has 4 rings (SSSR count). The van der Waals surface area contributed by atoms with E-state index in [2.05, 4.69) is 10.4 Å². The fraction of sp³-hybridized carbons (Fsp3) is 0.125. The number of hydrogen-bond acceptors (Lipinski definition) is 3. The predicted molar refractivity (Wildman–Crippen MR) is 115 cm³/mol. The van der Waals surface area contributed by atoms with Gasteiger partial charge in [-0.3, -0.25) is 9.48 Å². The molecule has 0 bridgehead atoms. The van der Waals surface area contributed by atoms with Crippen LogP contribution in [-0.4, -0.2) is 26.8 Å². The number of rotatable bonds is 6. The van der Waals surface area contributed by atoms with Gasteiger partial charge < -0.3 is 10.4 Å². The number of nitrogens with zero attached hydrogens (tertiary/aromatic N) is 2. The Hall–Kier alpha value is -4.14. The van der Waals surface area contributed by atoms with Crippen LogP contribution >= 0.6 is 0 Å². The summed E-state index contributed by atoms with van der Waals surface area (Å²) in [5, 5.41) is 16.7. The third kappa shape index (κ3) is 4.87. The van der Waals surface area contributed by atoms with E-state index in [1.165, 1.54) is 22.9 Å². The van der Waals surface area contributed by atoms with Gasteiger partial charge in [0.15, 0.2) is 5.69 Å². The molecule has 1 heterocycles. The van der Waals surface area contributed by atoms with Crippen molar-refractivity contribution in [2.45, 2.75) is 19.3 Å². The van der Waals surface area contributed by atoms with Crippen LogP contribution in [0.4, 0.5) is 13.2 Å². The summed E-state index contributed by atoms with van der Waals surface area (Å²) in [5.41, 5.74) is 1.28. The van der Waals surface area contributed by atoms with Crippen molar-refractivity contribution in [1.29, 1.82) is 0 Å². The number of carbonyl (C=O) groups excluding carboxylic acids is 1. The number of hydrogen-bond donors (Lipinski definition) is 2. The minimum absolute atomic E-state index is 0.0639. The molecule has 9 heteroatoms. The largest absolute Gasteiger partial charge is 0.478 e. The Labute approximate surface area is 186 Å². The van der Waals surface area contributed by atoms with E-state index in [1.807, 2.05) is 0 Å². The zero-order valence-corrected chi connectivity index (χ0v) is 17.1. The van der Waals surface area contributed by atoms with E-state index >= 15 is 0 Å². The Bertz CT molecular complexity index is 1330. The molecule has 4 aromatic rings. The molecule has 0 fully saturated rings. The molecule has 0 aliphatic carbocycles. The number of alkyl halides is 3. The summed E-state index contributed by atoms with van der Waals surface area (Å²) in [6.07, 6.45) is -4.45. The van der Waals surface area contributed by atoms with Gasteiger partial charge in [0.05, 0.1) is 23.2 Å². The molecule has 1 amide bonds. The van der Waals surface area contributed by atoms with Gasteiger partial charge in [0.2, 0.25) is 0 Å². The van der Waals surface area contributed by atoms with Crippen molar-refractivity contribution in [3.8, 4) is 0 Å². The second-order valence-corrected chi connectivity index (χ2v) is 7.41. The normalized spacial score (nSPS) is 11.5. The van der Waals surface area contributed by atoms with Crippen molar-refractivity contribution in [1.82, 2.24) is 15.1 Å². The van der Waals surface area contributed by atoms with Gasteiger partial charge in [-0.1, -0.05) is 42.5 Å². The molecule has 0 spiro atoms. The molecule has 0 aliphatic rings. The number of aromatic nitrogens is 2. The highest BCUT2D eigenvalue weighted by molar-refractivity contribution is 6.04. The van der Waals surface area contributed by atoms with Crippen LogP contribution in [0.1, 0.15) is 37.5 Å². The van der Waals surface area contributed by atoms with E-state index in [-0.39, 0.29) is 24.3 Å². The number of para-hydroxylation sites is 1. The molecule has 33 heavy (non-hydrogen) atoms. The first kappa shape index (κ1) is 22.1. The van der Waals surface area contributed by atoms with Crippen molar-refractivity contribution in [3.63, 3.8) is 0 Å². The zero-order chi connectivity index (χ0) is 23.6. The molecule has 3 aromatic carbocycles. The molecule has 0 saturated heterocycles. The molecular formula is C24H18F3N3O3. The third-order valence-corrected chi connectivity index (χ3v) is 5.11. The Morgan fingerprint density at radius 2 is 1.67 bits per heavy atom. The van der Waals surface area contributed by atoms with Gasteiger partial charge in [-0.15, -0.1) is 0 Å². The zero-order valence-electron chi connectivity index (χ0n) is 17.1. The maximum absolute atomic E-state index is 13.1. The maximum atomic E-state index is 13.1. The molecule has 168 valence electrons. The summed E-state index contributed by atoms with van der Waals surface area (Å²) < 4.78 is 40.7. The minimum Gasteiger partial charge on any atom is -0.478 e. The molecular weight excluding hydrogens is 435 g/mol. The number of carboxylic acid groups (broad SMARTS) is 1. The summed E-state index contributed by atoms with van der Waals surface area (Å²) in [6, 6.07) is 18.1. The van der Waals surface area contributed by atoms with Gasteiger partial charge in [0, 0.05) is 11.9 Å². The van der Waals surface area contributed by atoms with Crippen molar-refractivity contribution in [2.75, 3.05) is 0 Å². The summed E-state index contributed by atoms with van der Waals surface area (Å²) in [5.74, 6) is -1.49. The fourth-order valence-corrected chi connectivity index (χ4v) is 3.47. The van der Waals surface area contributed by atoms with Gasteiger partial charge >= 0.3 is 12.1 Å². The Morgan fingerprint density at radius 3 is 2.36 bits per heavy atom. The second-order valence-electron chi connectivity index (χ2n) is 7.41. The van der Waals surface area contributed by atoms with Crippen LogP contribution in [-0.2, 0) is 19.3 Å². The smallest absolute Gasteiger partial charge is 0.416 e.